The first-order chi connectivity index (χ1) is 11.5. The largest absolute Gasteiger partial charge is 0.489 e. The van der Waals surface area contributed by atoms with Crippen LogP contribution in [0, 0.1) is 29.1 Å². The van der Waals surface area contributed by atoms with Gasteiger partial charge in [-0.2, -0.15) is 5.10 Å². The van der Waals surface area contributed by atoms with E-state index in [0.717, 1.165) is 6.21 Å². The Hall–Kier alpha value is -2.90. The van der Waals surface area contributed by atoms with Crippen LogP contribution in [0.2, 0.25) is 0 Å². The number of para-hydroxylation sites is 1. The minimum atomic E-state index is -2.23. The lowest BCUT2D eigenvalue weighted by atomic mass is 10.2. The zero-order valence-electron chi connectivity index (χ0n) is 12.1. The third kappa shape index (κ3) is 3.53. The number of benzene rings is 2. The van der Waals surface area contributed by atoms with Crippen molar-refractivity contribution in [3.8, 4) is 5.75 Å². The van der Waals surface area contributed by atoms with Gasteiger partial charge in [0.05, 0.1) is 6.21 Å². The number of nitrogens with zero attached hydrogens (tertiary/aromatic N) is 1. The number of anilines is 1. The number of hydrogen-bond donors (Lipinski definition) is 1. The molecule has 0 amide bonds. The summed E-state index contributed by atoms with van der Waals surface area (Å²) in [7, 11) is 0. The second kappa shape index (κ2) is 7.58. The van der Waals surface area contributed by atoms with Gasteiger partial charge in [0.25, 0.3) is 0 Å². The Labute approximate surface area is 134 Å². The van der Waals surface area contributed by atoms with Gasteiger partial charge in [-0.15, -0.1) is 0 Å². The van der Waals surface area contributed by atoms with Crippen molar-refractivity contribution < 1.29 is 26.7 Å². The number of hydrazone groups is 1. The molecule has 2 aromatic rings. The van der Waals surface area contributed by atoms with Crippen LogP contribution in [0.3, 0.4) is 0 Å². The molecule has 0 saturated heterocycles. The zero-order chi connectivity index (χ0) is 17.7. The fourth-order valence-electron chi connectivity index (χ4n) is 1.74. The van der Waals surface area contributed by atoms with E-state index in [-0.39, 0.29) is 6.61 Å². The first-order valence-corrected chi connectivity index (χ1v) is 6.60. The predicted octanol–water partition coefficient (Wildman–Crippen LogP) is 4.39. The van der Waals surface area contributed by atoms with Gasteiger partial charge in [0.15, 0.2) is 23.3 Å². The van der Waals surface area contributed by atoms with Crippen molar-refractivity contribution in [3.63, 3.8) is 0 Å². The van der Waals surface area contributed by atoms with Gasteiger partial charge in [-0.1, -0.05) is 24.8 Å². The summed E-state index contributed by atoms with van der Waals surface area (Å²) in [6, 6.07) is 6.54. The molecule has 0 aromatic heterocycles. The Morgan fingerprint density at radius 3 is 2.17 bits per heavy atom. The molecule has 0 atom stereocenters. The van der Waals surface area contributed by atoms with Gasteiger partial charge in [0.1, 0.15) is 18.0 Å². The lowest BCUT2D eigenvalue weighted by Crippen LogP contribution is -2.06. The van der Waals surface area contributed by atoms with Crippen LogP contribution in [0.4, 0.5) is 27.6 Å². The first kappa shape index (κ1) is 17.5. The summed E-state index contributed by atoms with van der Waals surface area (Å²) in [6.07, 6.45) is 2.64. The summed E-state index contributed by atoms with van der Waals surface area (Å²) in [5.74, 6) is -9.94. The summed E-state index contributed by atoms with van der Waals surface area (Å²) in [4.78, 5) is 0. The van der Waals surface area contributed by atoms with E-state index in [1.807, 2.05) is 5.43 Å². The average Bonchev–Trinajstić information content (AvgIpc) is 2.60. The van der Waals surface area contributed by atoms with Gasteiger partial charge in [-0.05, 0) is 12.1 Å². The van der Waals surface area contributed by atoms with Crippen molar-refractivity contribution in [1.82, 2.24) is 0 Å². The van der Waals surface area contributed by atoms with Gasteiger partial charge < -0.3 is 4.74 Å². The highest BCUT2D eigenvalue weighted by molar-refractivity contribution is 5.84. The normalized spacial score (nSPS) is 10.9. The number of halogens is 5. The smallest absolute Gasteiger partial charge is 0.200 e. The molecule has 2 rings (SSSR count). The highest BCUT2D eigenvalue weighted by atomic mass is 19.2. The van der Waals surface area contributed by atoms with Crippen LogP contribution in [-0.2, 0) is 0 Å². The van der Waals surface area contributed by atoms with E-state index in [9.17, 15) is 22.0 Å². The SMILES string of the molecule is C=CCOc1ccccc1/C=N\Nc1c(F)c(F)c(F)c(F)c1F. The molecule has 0 aliphatic heterocycles. The lowest BCUT2D eigenvalue weighted by molar-refractivity contribution is 0.363. The molecule has 0 bridgehead atoms. The molecule has 0 aliphatic rings. The van der Waals surface area contributed by atoms with Crippen molar-refractivity contribution in [3.05, 3.63) is 71.6 Å². The van der Waals surface area contributed by atoms with Crippen molar-refractivity contribution in [1.29, 1.82) is 0 Å². The van der Waals surface area contributed by atoms with Gasteiger partial charge in [-0.25, -0.2) is 22.0 Å². The van der Waals surface area contributed by atoms with Gasteiger partial charge in [0.2, 0.25) is 5.82 Å². The van der Waals surface area contributed by atoms with Crippen molar-refractivity contribution in [2.24, 2.45) is 5.10 Å². The molecular weight excluding hydrogens is 331 g/mol. The standard InChI is InChI=1S/C16H11F5N2O/c1-2-7-24-10-6-4-3-5-9(10)8-22-23-16-14(20)12(18)11(17)13(19)15(16)21/h2-6,8,23H,1,7H2/b22-8-. The van der Waals surface area contributed by atoms with E-state index in [1.54, 1.807) is 24.3 Å². The lowest BCUT2D eigenvalue weighted by Gasteiger charge is -2.08. The van der Waals surface area contributed by atoms with Crippen molar-refractivity contribution in [2.45, 2.75) is 0 Å². The van der Waals surface area contributed by atoms with Crippen LogP contribution in [0.15, 0.2) is 42.0 Å². The minimum absolute atomic E-state index is 0.218. The summed E-state index contributed by atoms with van der Waals surface area (Å²) >= 11 is 0. The maximum Gasteiger partial charge on any atom is 0.200 e. The summed E-state index contributed by atoms with van der Waals surface area (Å²) in [6.45, 7) is 3.71. The molecule has 0 heterocycles. The van der Waals surface area contributed by atoms with Crippen molar-refractivity contribution in [2.75, 3.05) is 12.0 Å². The maximum atomic E-state index is 13.5. The third-order valence-electron chi connectivity index (χ3n) is 2.87. The van der Waals surface area contributed by atoms with Crippen LogP contribution < -0.4 is 10.2 Å². The van der Waals surface area contributed by atoms with Crippen LogP contribution in [0.25, 0.3) is 0 Å². The number of nitrogens with one attached hydrogen (secondary N) is 1. The molecule has 0 saturated carbocycles. The zero-order valence-corrected chi connectivity index (χ0v) is 12.1. The van der Waals surface area contributed by atoms with E-state index in [4.69, 9.17) is 4.74 Å². The molecule has 3 nitrogen and oxygen atoms in total. The monoisotopic (exact) mass is 342 g/mol. The van der Waals surface area contributed by atoms with Gasteiger partial charge >= 0.3 is 0 Å². The fraction of sp³-hybridized carbons (Fsp3) is 0.0625. The Balaban J connectivity index is 2.26. The third-order valence-corrected chi connectivity index (χ3v) is 2.87. The van der Waals surface area contributed by atoms with Gasteiger partial charge in [0, 0.05) is 5.56 Å². The second-order valence-electron chi connectivity index (χ2n) is 4.45. The molecular formula is C16H11F5N2O. The second-order valence-corrected chi connectivity index (χ2v) is 4.45. The highest BCUT2D eigenvalue weighted by Gasteiger charge is 2.25. The van der Waals surface area contributed by atoms with E-state index < -0.39 is 34.8 Å². The minimum Gasteiger partial charge on any atom is -0.489 e. The van der Waals surface area contributed by atoms with Crippen LogP contribution in [0.5, 0.6) is 5.75 Å². The van der Waals surface area contributed by atoms with Crippen LogP contribution in [0.1, 0.15) is 5.56 Å². The predicted molar refractivity (Wildman–Crippen MR) is 79.6 cm³/mol. The Bertz CT molecular complexity index is 763. The molecule has 0 radical (unpaired) electrons. The van der Waals surface area contributed by atoms with E-state index >= 15 is 0 Å². The quantitative estimate of drug-likeness (QED) is 0.211. The number of ether oxygens (including phenoxy) is 1. The molecule has 0 aliphatic carbocycles. The molecule has 1 N–H and O–H groups in total. The molecule has 24 heavy (non-hydrogen) atoms. The Morgan fingerprint density at radius 2 is 1.54 bits per heavy atom. The van der Waals surface area contributed by atoms with Crippen LogP contribution >= 0.6 is 0 Å². The molecule has 0 spiro atoms. The summed E-state index contributed by atoms with van der Waals surface area (Å²) < 4.78 is 71.4. The van der Waals surface area contributed by atoms with E-state index in [2.05, 4.69) is 11.7 Å². The molecule has 8 heteroatoms. The highest BCUT2D eigenvalue weighted by Crippen LogP contribution is 2.27. The molecule has 0 unspecified atom stereocenters. The van der Waals surface area contributed by atoms with Crippen molar-refractivity contribution >= 4 is 11.9 Å². The summed E-state index contributed by atoms with van der Waals surface area (Å²) in [5, 5.41) is 3.50. The fourth-order valence-corrected chi connectivity index (χ4v) is 1.74. The van der Waals surface area contributed by atoms with Crippen LogP contribution in [-0.4, -0.2) is 12.8 Å². The molecule has 126 valence electrons. The number of hydrogen-bond acceptors (Lipinski definition) is 3. The topological polar surface area (TPSA) is 33.6 Å². The Morgan fingerprint density at radius 1 is 0.958 bits per heavy atom. The number of rotatable bonds is 6. The molecule has 2 aromatic carbocycles. The molecule has 0 fully saturated rings. The first-order valence-electron chi connectivity index (χ1n) is 6.60. The van der Waals surface area contributed by atoms with Gasteiger partial charge in [-0.3, -0.25) is 5.43 Å². The van der Waals surface area contributed by atoms with E-state index in [0.29, 0.717) is 11.3 Å². The van der Waals surface area contributed by atoms with E-state index in [1.165, 1.54) is 6.08 Å². The average molecular weight is 342 g/mol. The Kier molecular flexibility index (Phi) is 5.51. The summed E-state index contributed by atoms with van der Waals surface area (Å²) in [5.41, 5.74) is 1.00. The maximum absolute atomic E-state index is 13.5.